The molecule has 2 aromatic carbocycles. The number of aliphatic hydroxyl groups is 1. The van der Waals surface area contributed by atoms with Gasteiger partial charge in [0.1, 0.15) is 5.75 Å². The van der Waals surface area contributed by atoms with Crippen LogP contribution in [0.1, 0.15) is 107 Å². The van der Waals surface area contributed by atoms with Crippen LogP contribution in [0, 0.1) is 16.2 Å². The average Bonchev–Trinajstić information content (AvgIpc) is 2.91. The first-order valence-corrected chi connectivity index (χ1v) is 15.4. The van der Waals surface area contributed by atoms with Crippen LogP contribution in [0.15, 0.2) is 48.5 Å². The van der Waals surface area contributed by atoms with Crippen LogP contribution in [0.25, 0.3) is 0 Å². The van der Waals surface area contributed by atoms with E-state index in [1.165, 1.54) is 31.2 Å². The summed E-state index contributed by atoms with van der Waals surface area (Å²) < 4.78 is 6.02. The summed E-state index contributed by atoms with van der Waals surface area (Å²) in [5.74, 6) is 0.821. The molecule has 1 unspecified atom stereocenters. The molecule has 0 aromatic heterocycles. The first-order valence-electron chi connectivity index (χ1n) is 15.4. The molecule has 0 fully saturated rings. The van der Waals surface area contributed by atoms with Gasteiger partial charge in [-0.3, -0.25) is 0 Å². The molecule has 5 heteroatoms. The Hall–Kier alpha value is -2.24. The summed E-state index contributed by atoms with van der Waals surface area (Å²) in [4.78, 5) is 0. The second kappa shape index (κ2) is 19.0. The monoisotopic (exact) mass is 557 g/mol. The van der Waals surface area contributed by atoms with E-state index in [4.69, 9.17) is 16.2 Å². The fraction of sp³-hybridized carbons (Fsp3) is 0.657. The summed E-state index contributed by atoms with van der Waals surface area (Å²) in [6, 6.07) is 15.6. The number of aliphatic hydroxyl groups excluding tert-OH is 1. The Morgan fingerprint density at radius 1 is 0.825 bits per heavy atom. The van der Waals surface area contributed by atoms with E-state index in [0.717, 1.165) is 36.5 Å². The van der Waals surface area contributed by atoms with Crippen LogP contribution < -0.4 is 21.5 Å². The highest BCUT2D eigenvalue weighted by Gasteiger charge is 2.43. The summed E-state index contributed by atoms with van der Waals surface area (Å²) in [5.41, 5.74) is 14.3. The quantitative estimate of drug-likeness (QED) is 0.175. The number of hydrogen-bond donors (Lipinski definition) is 4. The molecule has 0 spiro atoms. The smallest absolute Gasteiger partial charge is 0.119 e. The minimum Gasteiger partial charge on any atom is -0.493 e. The van der Waals surface area contributed by atoms with Gasteiger partial charge in [0.25, 0.3) is 0 Å². The Labute approximate surface area is 247 Å². The van der Waals surface area contributed by atoms with E-state index < -0.39 is 0 Å². The fourth-order valence-corrected chi connectivity index (χ4v) is 3.86. The SMILES string of the molecule is CCC.CCC(C)(C)CCNC(CO)C(C)(C)C(C)(C)COc1ccc(N)cc1.CCCCc1ccc(N)cc1. The third-order valence-electron chi connectivity index (χ3n) is 8.23. The van der Waals surface area contributed by atoms with Crippen LogP contribution in [0.5, 0.6) is 5.75 Å². The average molecular weight is 558 g/mol. The summed E-state index contributed by atoms with van der Waals surface area (Å²) in [6.07, 6.45) is 7.20. The van der Waals surface area contributed by atoms with E-state index in [9.17, 15) is 5.11 Å². The Kier molecular flexibility index (Phi) is 17.9. The molecule has 5 nitrogen and oxygen atoms in total. The van der Waals surface area contributed by atoms with E-state index >= 15 is 0 Å². The molecule has 2 aromatic rings. The van der Waals surface area contributed by atoms with Crippen molar-refractivity contribution in [2.75, 3.05) is 31.2 Å². The van der Waals surface area contributed by atoms with Crippen molar-refractivity contribution in [2.45, 2.75) is 114 Å². The molecule has 0 aliphatic carbocycles. The van der Waals surface area contributed by atoms with Crippen LogP contribution in [-0.2, 0) is 6.42 Å². The number of rotatable bonds is 14. The van der Waals surface area contributed by atoms with Crippen LogP contribution in [0.4, 0.5) is 11.4 Å². The lowest BCUT2D eigenvalue weighted by atomic mass is 9.64. The molecule has 0 heterocycles. The van der Waals surface area contributed by atoms with Crippen LogP contribution in [0.2, 0.25) is 0 Å². The van der Waals surface area contributed by atoms with Crippen molar-refractivity contribution in [3.63, 3.8) is 0 Å². The molecule has 6 N–H and O–H groups in total. The Morgan fingerprint density at radius 2 is 1.32 bits per heavy atom. The van der Waals surface area contributed by atoms with Crippen molar-refractivity contribution in [3.05, 3.63) is 54.1 Å². The molecular weight excluding hydrogens is 494 g/mol. The van der Waals surface area contributed by atoms with Gasteiger partial charge in [0.2, 0.25) is 0 Å². The third kappa shape index (κ3) is 14.4. The lowest BCUT2D eigenvalue weighted by molar-refractivity contribution is -0.00195. The van der Waals surface area contributed by atoms with Gasteiger partial charge in [0.15, 0.2) is 0 Å². The predicted octanol–water partition coefficient (Wildman–Crippen LogP) is 8.50. The van der Waals surface area contributed by atoms with E-state index in [2.05, 4.69) is 86.7 Å². The predicted molar refractivity (Wildman–Crippen MR) is 177 cm³/mol. The molecule has 0 aliphatic rings. The molecule has 0 amide bonds. The molecule has 1 atom stereocenters. The second-order valence-corrected chi connectivity index (χ2v) is 13.0. The van der Waals surface area contributed by atoms with Crippen LogP contribution >= 0.6 is 0 Å². The van der Waals surface area contributed by atoms with Gasteiger partial charge in [-0.05, 0) is 78.6 Å². The molecular formula is C35H63N3O2. The highest BCUT2D eigenvalue weighted by Crippen LogP contribution is 2.42. The maximum absolute atomic E-state index is 10.0. The van der Waals surface area contributed by atoms with Gasteiger partial charge < -0.3 is 26.6 Å². The van der Waals surface area contributed by atoms with Gasteiger partial charge in [0.05, 0.1) is 13.2 Å². The molecule has 0 saturated heterocycles. The third-order valence-corrected chi connectivity index (χ3v) is 8.23. The number of hydrogen-bond acceptors (Lipinski definition) is 5. The first-order chi connectivity index (χ1) is 18.7. The topological polar surface area (TPSA) is 93.5 Å². The largest absolute Gasteiger partial charge is 0.493 e. The van der Waals surface area contributed by atoms with Gasteiger partial charge in [-0.25, -0.2) is 0 Å². The Balaban J connectivity index is 0.000000893. The van der Waals surface area contributed by atoms with E-state index in [1.54, 1.807) is 0 Å². The second-order valence-electron chi connectivity index (χ2n) is 13.0. The van der Waals surface area contributed by atoms with Gasteiger partial charge in [-0.15, -0.1) is 0 Å². The summed E-state index contributed by atoms with van der Waals surface area (Å²) in [6.45, 7) is 23.7. The van der Waals surface area contributed by atoms with Gasteiger partial charge >= 0.3 is 0 Å². The number of benzene rings is 2. The molecule has 40 heavy (non-hydrogen) atoms. The summed E-state index contributed by atoms with van der Waals surface area (Å²) in [7, 11) is 0. The Bertz CT molecular complexity index is 890. The number of nitrogen functional groups attached to an aromatic ring is 2. The minimum absolute atomic E-state index is 0.0140. The van der Waals surface area contributed by atoms with E-state index in [-0.39, 0.29) is 23.5 Å². The van der Waals surface area contributed by atoms with Crippen molar-refractivity contribution in [1.82, 2.24) is 5.32 Å². The molecule has 0 saturated carbocycles. The number of unbranched alkanes of at least 4 members (excludes halogenated alkanes) is 1. The standard InChI is InChI=1S/C22H40N2O2.C10H15N.C3H8/c1-8-20(2,3)13-14-24-19(15-25)22(6,7)21(4,5)16-26-18-11-9-17(23)10-12-18;1-2-3-4-9-5-7-10(11)8-6-9;1-3-2/h9-12,19,24-25H,8,13-16,23H2,1-7H3;5-8H,2-4,11H2,1H3;3H2,1-2H3. The number of nitrogens with two attached hydrogens (primary N) is 2. The number of anilines is 2. The normalized spacial score (nSPS) is 12.5. The lowest BCUT2D eigenvalue weighted by Gasteiger charge is -2.46. The summed E-state index contributed by atoms with van der Waals surface area (Å²) >= 11 is 0. The molecule has 2 rings (SSSR count). The number of ether oxygens (including phenoxy) is 1. The highest BCUT2D eigenvalue weighted by atomic mass is 16.5. The zero-order valence-electron chi connectivity index (χ0n) is 27.6. The highest BCUT2D eigenvalue weighted by molar-refractivity contribution is 5.41. The zero-order chi connectivity index (χ0) is 30.8. The van der Waals surface area contributed by atoms with Crippen LogP contribution in [0.3, 0.4) is 0 Å². The van der Waals surface area contributed by atoms with Crippen molar-refractivity contribution in [1.29, 1.82) is 0 Å². The molecule has 0 bridgehead atoms. The van der Waals surface area contributed by atoms with Gasteiger partial charge in [-0.2, -0.15) is 0 Å². The van der Waals surface area contributed by atoms with Gasteiger partial charge in [-0.1, -0.05) is 101 Å². The Morgan fingerprint density at radius 3 is 1.77 bits per heavy atom. The first kappa shape index (κ1) is 37.8. The number of aryl methyl sites for hydroxylation is 1. The van der Waals surface area contributed by atoms with Crippen molar-refractivity contribution < 1.29 is 9.84 Å². The summed E-state index contributed by atoms with van der Waals surface area (Å²) in [5, 5.41) is 13.6. The van der Waals surface area contributed by atoms with E-state index in [1.807, 2.05) is 36.4 Å². The molecule has 0 aliphatic heterocycles. The van der Waals surface area contributed by atoms with Crippen LogP contribution in [-0.4, -0.2) is 30.9 Å². The zero-order valence-corrected chi connectivity index (χ0v) is 27.6. The maximum atomic E-state index is 10.0. The number of nitrogens with one attached hydrogen (secondary N) is 1. The van der Waals surface area contributed by atoms with Gasteiger partial charge in [0, 0.05) is 22.8 Å². The fourth-order valence-electron chi connectivity index (χ4n) is 3.86. The lowest BCUT2D eigenvalue weighted by Crippen LogP contribution is -2.54. The maximum Gasteiger partial charge on any atom is 0.119 e. The van der Waals surface area contributed by atoms with Crippen molar-refractivity contribution >= 4 is 11.4 Å². The minimum atomic E-state index is -0.147. The molecule has 0 radical (unpaired) electrons. The molecule has 230 valence electrons. The van der Waals surface area contributed by atoms with E-state index in [0.29, 0.717) is 12.0 Å². The van der Waals surface area contributed by atoms with Crippen molar-refractivity contribution in [2.24, 2.45) is 16.2 Å². The van der Waals surface area contributed by atoms with Crippen molar-refractivity contribution in [3.8, 4) is 5.75 Å².